The van der Waals surface area contributed by atoms with Crippen molar-refractivity contribution in [3.8, 4) is 0 Å². The first-order valence-electron chi connectivity index (χ1n) is 6.85. The zero-order valence-electron chi connectivity index (χ0n) is 11.7. The van der Waals surface area contributed by atoms with E-state index in [1.165, 1.54) is 12.8 Å². The molecule has 2 heteroatoms. The summed E-state index contributed by atoms with van der Waals surface area (Å²) in [5.41, 5.74) is 6.17. The molecule has 0 heterocycles. The average molecular weight is 226 g/mol. The van der Waals surface area contributed by atoms with Crippen LogP contribution in [0.5, 0.6) is 0 Å². The zero-order valence-corrected chi connectivity index (χ0v) is 11.7. The van der Waals surface area contributed by atoms with E-state index in [4.69, 9.17) is 5.73 Å². The summed E-state index contributed by atoms with van der Waals surface area (Å²) >= 11 is 0. The van der Waals surface area contributed by atoms with Gasteiger partial charge in [0.05, 0.1) is 0 Å². The Morgan fingerprint density at radius 3 is 2.00 bits per heavy atom. The molecule has 0 spiro atoms. The van der Waals surface area contributed by atoms with Crippen molar-refractivity contribution < 1.29 is 0 Å². The largest absolute Gasteiger partial charge is 0.329 e. The van der Waals surface area contributed by atoms with Gasteiger partial charge in [0.15, 0.2) is 0 Å². The zero-order chi connectivity index (χ0) is 12.3. The van der Waals surface area contributed by atoms with Crippen LogP contribution in [0.3, 0.4) is 0 Å². The fourth-order valence-corrected chi connectivity index (χ4v) is 3.23. The molecule has 0 unspecified atom stereocenters. The van der Waals surface area contributed by atoms with Crippen LogP contribution in [-0.4, -0.2) is 18.6 Å². The maximum Gasteiger partial charge on any atom is 0.0309 e. The summed E-state index contributed by atoms with van der Waals surface area (Å²) in [4.78, 5) is 0. The monoisotopic (exact) mass is 226 g/mol. The topological polar surface area (TPSA) is 38.0 Å². The van der Waals surface area contributed by atoms with E-state index < -0.39 is 0 Å². The molecule has 1 aliphatic carbocycles. The summed E-state index contributed by atoms with van der Waals surface area (Å²) in [7, 11) is 0. The van der Waals surface area contributed by atoms with E-state index in [1.54, 1.807) is 0 Å². The highest BCUT2D eigenvalue weighted by Crippen LogP contribution is 2.37. The van der Waals surface area contributed by atoms with Gasteiger partial charge in [-0.2, -0.15) is 0 Å². The van der Waals surface area contributed by atoms with Crippen LogP contribution < -0.4 is 11.1 Å². The van der Waals surface area contributed by atoms with Crippen molar-refractivity contribution in [2.45, 2.75) is 53.0 Å². The Hall–Kier alpha value is -0.0800. The van der Waals surface area contributed by atoms with Crippen molar-refractivity contribution in [3.05, 3.63) is 0 Å². The first kappa shape index (κ1) is 14.0. The van der Waals surface area contributed by atoms with Gasteiger partial charge in [-0.25, -0.2) is 0 Å². The van der Waals surface area contributed by atoms with E-state index in [9.17, 15) is 0 Å². The van der Waals surface area contributed by atoms with E-state index >= 15 is 0 Å². The highest BCUT2D eigenvalue weighted by molar-refractivity contribution is 5.00. The third-order valence-corrected chi connectivity index (χ3v) is 4.29. The van der Waals surface area contributed by atoms with Gasteiger partial charge < -0.3 is 11.1 Å². The van der Waals surface area contributed by atoms with Crippen molar-refractivity contribution in [3.63, 3.8) is 0 Å². The Labute approximate surface area is 101 Å². The average Bonchev–Trinajstić information content (AvgIpc) is 2.13. The lowest BCUT2D eigenvalue weighted by Gasteiger charge is -2.48. The van der Waals surface area contributed by atoms with Gasteiger partial charge >= 0.3 is 0 Å². The minimum atomic E-state index is 0.265. The molecule has 2 nitrogen and oxygen atoms in total. The number of hydrogen-bond donors (Lipinski definition) is 2. The molecule has 0 aromatic carbocycles. The number of nitrogens with one attached hydrogen (secondary N) is 1. The van der Waals surface area contributed by atoms with Crippen molar-refractivity contribution in [2.24, 2.45) is 29.4 Å². The maximum atomic E-state index is 5.91. The van der Waals surface area contributed by atoms with Crippen LogP contribution in [0.25, 0.3) is 0 Å². The molecule has 0 atom stereocenters. The quantitative estimate of drug-likeness (QED) is 0.730. The lowest BCUT2D eigenvalue weighted by atomic mass is 9.68. The van der Waals surface area contributed by atoms with Gasteiger partial charge in [0.25, 0.3) is 0 Å². The highest BCUT2D eigenvalue weighted by atomic mass is 15.0. The Morgan fingerprint density at radius 2 is 1.69 bits per heavy atom. The molecule has 0 saturated heterocycles. The Bertz CT molecular complexity index is 197. The van der Waals surface area contributed by atoms with Crippen molar-refractivity contribution in [1.82, 2.24) is 5.32 Å². The predicted octanol–water partition coefficient (Wildman–Crippen LogP) is 2.63. The summed E-state index contributed by atoms with van der Waals surface area (Å²) in [5, 5.41) is 3.75. The summed E-state index contributed by atoms with van der Waals surface area (Å²) in [6.07, 6.45) is 2.51. The molecule has 1 rings (SSSR count). The van der Waals surface area contributed by atoms with Gasteiger partial charge in [0.2, 0.25) is 0 Å². The third-order valence-electron chi connectivity index (χ3n) is 4.29. The van der Waals surface area contributed by atoms with E-state index in [2.05, 4.69) is 39.9 Å². The fourth-order valence-electron chi connectivity index (χ4n) is 3.23. The van der Waals surface area contributed by atoms with E-state index in [0.29, 0.717) is 0 Å². The van der Waals surface area contributed by atoms with Crippen molar-refractivity contribution >= 4 is 0 Å². The molecule has 3 N–H and O–H groups in total. The molecule has 0 aromatic heterocycles. The fraction of sp³-hybridized carbons (Fsp3) is 1.00. The molecule has 0 aliphatic heterocycles. The minimum Gasteiger partial charge on any atom is -0.329 e. The van der Waals surface area contributed by atoms with Gasteiger partial charge in [-0.05, 0) is 43.1 Å². The number of hydrogen-bond acceptors (Lipinski definition) is 2. The summed E-state index contributed by atoms with van der Waals surface area (Å²) in [6.45, 7) is 13.5. The molecular formula is C14H30N2. The molecular weight excluding hydrogens is 196 g/mol. The van der Waals surface area contributed by atoms with Gasteiger partial charge in [-0.1, -0.05) is 34.6 Å². The number of nitrogens with two attached hydrogens (primary N) is 1. The second-order valence-corrected chi connectivity index (χ2v) is 6.53. The minimum absolute atomic E-state index is 0.265. The second kappa shape index (κ2) is 5.50. The molecule has 96 valence electrons. The van der Waals surface area contributed by atoms with Gasteiger partial charge in [-0.3, -0.25) is 0 Å². The van der Waals surface area contributed by atoms with Crippen LogP contribution in [0.1, 0.15) is 47.5 Å². The van der Waals surface area contributed by atoms with E-state index in [1.807, 2.05) is 0 Å². The lowest BCUT2D eigenvalue weighted by Crippen LogP contribution is -2.60. The summed E-state index contributed by atoms with van der Waals surface area (Å²) < 4.78 is 0. The first-order valence-corrected chi connectivity index (χ1v) is 6.85. The smallest absolute Gasteiger partial charge is 0.0309 e. The molecule has 1 aliphatic rings. The Balaban J connectivity index is 2.42. The SMILES string of the molecule is CC1CC(CN)(NCC(C(C)C)C(C)C)C1. The molecule has 1 fully saturated rings. The van der Waals surface area contributed by atoms with E-state index in [0.717, 1.165) is 36.8 Å². The molecule has 0 aromatic rings. The Kier molecular flexibility index (Phi) is 4.81. The van der Waals surface area contributed by atoms with Gasteiger partial charge in [0, 0.05) is 12.1 Å². The van der Waals surface area contributed by atoms with Crippen LogP contribution in [0.4, 0.5) is 0 Å². The van der Waals surface area contributed by atoms with E-state index in [-0.39, 0.29) is 5.54 Å². The number of rotatable bonds is 6. The van der Waals surface area contributed by atoms with Crippen LogP contribution in [0.2, 0.25) is 0 Å². The second-order valence-electron chi connectivity index (χ2n) is 6.53. The maximum absolute atomic E-state index is 5.91. The summed E-state index contributed by atoms with van der Waals surface area (Å²) in [6, 6.07) is 0. The normalized spacial score (nSPS) is 30.2. The molecule has 0 amide bonds. The van der Waals surface area contributed by atoms with Gasteiger partial charge in [0.1, 0.15) is 0 Å². The molecule has 16 heavy (non-hydrogen) atoms. The van der Waals surface area contributed by atoms with Crippen LogP contribution in [-0.2, 0) is 0 Å². The van der Waals surface area contributed by atoms with Crippen LogP contribution in [0.15, 0.2) is 0 Å². The highest BCUT2D eigenvalue weighted by Gasteiger charge is 2.40. The van der Waals surface area contributed by atoms with Crippen molar-refractivity contribution in [2.75, 3.05) is 13.1 Å². The van der Waals surface area contributed by atoms with Crippen LogP contribution >= 0.6 is 0 Å². The molecule has 1 saturated carbocycles. The van der Waals surface area contributed by atoms with Gasteiger partial charge in [-0.15, -0.1) is 0 Å². The lowest BCUT2D eigenvalue weighted by molar-refractivity contribution is 0.107. The third kappa shape index (κ3) is 3.21. The first-order chi connectivity index (χ1) is 7.40. The molecule has 0 bridgehead atoms. The Morgan fingerprint density at radius 1 is 1.19 bits per heavy atom. The van der Waals surface area contributed by atoms with Crippen LogP contribution in [0, 0.1) is 23.7 Å². The molecule has 0 radical (unpaired) electrons. The standard InChI is InChI=1S/C14H30N2/c1-10(2)13(11(3)4)8-16-14(9-15)6-12(5)7-14/h10-13,16H,6-9,15H2,1-5H3. The predicted molar refractivity (Wildman–Crippen MR) is 71.4 cm³/mol. The summed E-state index contributed by atoms with van der Waals surface area (Å²) in [5.74, 6) is 3.12. The van der Waals surface area contributed by atoms with Crippen molar-refractivity contribution in [1.29, 1.82) is 0 Å².